The van der Waals surface area contributed by atoms with Crippen molar-refractivity contribution in [1.29, 1.82) is 0 Å². The van der Waals surface area contributed by atoms with Crippen LogP contribution in [-0.4, -0.2) is 7.18 Å². The van der Waals surface area contributed by atoms with Gasteiger partial charge in [0.25, 0.3) is 0 Å². The van der Waals surface area contributed by atoms with Crippen LogP contribution in [-0.2, 0) is 0 Å². The minimum absolute atomic E-state index is 0.500. The molecule has 0 bridgehead atoms. The van der Waals surface area contributed by atoms with Crippen LogP contribution in [0.2, 0.25) is 0 Å². The number of benzene rings is 1. The molecule has 1 aromatic rings. The molecule has 0 atom stereocenters. The molecule has 0 saturated heterocycles. The van der Waals surface area contributed by atoms with Gasteiger partial charge in [-0.25, -0.2) is 0 Å². The SMILES string of the molecule is C=C/C(=C\C=C(/C)C(=C)N)c1ccc(C)cc1.CF. The van der Waals surface area contributed by atoms with Crippen molar-refractivity contribution < 1.29 is 4.39 Å². The van der Waals surface area contributed by atoms with Crippen molar-refractivity contribution in [2.45, 2.75) is 13.8 Å². The zero-order valence-electron chi connectivity index (χ0n) is 11.9. The van der Waals surface area contributed by atoms with Crippen LogP contribution in [0.4, 0.5) is 4.39 Å². The molecule has 102 valence electrons. The van der Waals surface area contributed by atoms with Crippen LogP contribution in [0, 0.1) is 6.92 Å². The number of nitrogens with two attached hydrogens (primary N) is 1. The Kier molecular flexibility index (Phi) is 7.94. The number of halogens is 1. The Hall–Kier alpha value is -2.09. The first-order valence-electron chi connectivity index (χ1n) is 5.95. The molecule has 0 unspecified atom stereocenters. The molecule has 0 saturated carbocycles. The second-order valence-electron chi connectivity index (χ2n) is 4.07. The molecular formula is C17H22FN. The highest BCUT2D eigenvalue weighted by Crippen LogP contribution is 2.17. The second-order valence-corrected chi connectivity index (χ2v) is 4.07. The summed E-state index contributed by atoms with van der Waals surface area (Å²) in [5, 5.41) is 0. The van der Waals surface area contributed by atoms with Crippen LogP contribution < -0.4 is 5.73 Å². The van der Waals surface area contributed by atoms with Gasteiger partial charge >= 0.3 is 0 Å². The lowest BCUT2D eigenvalue weighted by Crippen LogP contribution is -1.94. The van der Waals surface area contributed by atoms with E-state index in [9.17, 15) is 4.39 Å². The maximum atomic E-state index is 9.50. The van der Waals surface area contributed by atoms with E-state index in [1.807, 2.05) is 25.2 Å². The molecule has 1 aromatic carbocycles. The lowest BCUT2D eigenvalue weighted by molar-refractivity contribution is 0.636. The van der Waals surface area contributed by atoms with Crippen molar-refractivity contribution in [3.8, 4) is 0 Å². The van der Waals surface area contributed by atoms with Crippen molar-refractivity contribution in [3.63, 3.8) is 0 Å². The van der Waals surface area contributed by atoms with Gasteiger partial charge in [-0.05, 0) is 30.6 Å². The van der Waals surface area contributed by atoms with Crippen molar-refractivity contribution in [2.75, 3.05) is 7.18 Å². The molecule has 0 radical (unpaired) electrons. The summed E-state index contributed by atoms with van der Waals surface area (Å²) in [6.07, 6.45) is 5.80. The summed E-state index contributed by atoms with van der Waals surface area (Å²) in [4.78, 5) is 0. The highest BCUT2D eigenvalue weighted by Gasteiger charge is 1.96. The summed E-state index contributed by atoms with van der Waals surface area (Å²) in [5.74, 6) is 0. The average Bonchev–Trinajstić information content (AvgIpc) is 2.43. The first kappa shape index (κ1) is 16.9. The zero-order valence-corrected chi connectivity index (χ0v) is 11.9. The highest BCUT2D eigenvalue weighted by atomic mass is 19.1. The van der Waals surface area contributed by atoms with Gasteiger partial charge in [-0.3, -0.25) is 4.39 Å². The summed E-state index contributed by atoms with van der Waals surface area (Å²) in [5.41, 5.74) is 10.6. The number of allylic oxidation sites excluding steroid dienone is 5. The Labute approximate surface area is 115 Å². The normalized spacial score (nSPS) is 11.4. The fourth-order valence-corrected chi connectivity index (χ4v) is 1.35. The fraction of sp³-hybridized carbons (Fsp3) is 0.176. The number of hydrogen-bond acceptors (Lipinski definition) is 1. The Morgan fingerprint density at radius 3 is 2.11 bits per heavy atom. The molecule has 2 heteroatoms. The predicted molar refractivity (Wildman–Crippen MR) is 83.5 cm³/mol. The van der Waals surface area contributed by atoms with Crippen LogP contribution in [0.3, 0.4) is 0 Å². The first-order chi connectivity index (χ1) is 9.04. The Bertz CT molecular complexity index is 478. The third-order valence-corrected chi connectivity index (χ3v) is 2.62. The average molecular weight is 259 g/mol. The molecule has 19 heavy (non-hydrogen) atoms. The molecule has 0 aliphatic heterocycles. The molecule has 0 spiro atoms. The smallest absolute Gasteiger partial charge is 0.0785 e. The topological polar surface area (TPSA) is 26.0 Å². The van der Waals surface area contributed by atoms with E-state index in [2.05, 4.69) is 44.3 Å². The second kappa shape index (κ2) is 8.92. The minimum Gasteiger partial charge on any atom is -0.399 e. The van der Waals surface area contributed by atoms with Crippen LogP contribution in [0.25, 0.3) is 5.57 Å². The van der Waals surface area contributed by atoms with E-state index < -0.39 is 0 Å². The summed E-state index contributed by atoms with van der Waals surface area (Å²) < 4.78 is 9.50. The number of alkyl halides is 1. The van der Waals surface area contributed by atoms with Crippen LogP contribution in [0.15, 0.2) is 66.9 Å². The molecule has 0 aliphatic carbocycles. The summed E-state index contributed by atoms with van der Waals surface area (Å²) in [7, 11) is 0.500. The van der Waals surface area contributed by atoms with Crippen LogP contribution in [0.5, 0.6) is 0 Å². The predicted octanol–water partition coefficient (Wildman–Crippen LogP) is 4.57. The molecule has 2 N–H and O–H groups in total. The van der Waals surface area contributed by atoms with Gasteiger partial charge in [0.15, 0.2) is 0 Å². The Morgan fingerprint density at radius 2 is 1.68 bits per heavy atom. The van der Waals surface area contributed by atoms with Gasteiger partial charge in [0, 0.05) is 5.70 Å². The molecule has 1 rings (SSSR count). The standard InChI is InChI=1S/C16H19N.CH3F/c1-5-15(11-8-13(3)14(4)17)16-9-6-12(2)7-10-16;1-2/h5-11H,1,4,17H2,2-3H3;1H3/b13-8+,15-11+;. The van der Waals surface area contributed by atoms with E-state index in [1.54, 1.807) is 0 Å². The third-order valence-electron chi connectivity index (χ3n) is 2.62. The molecular weight excluding hydrogens is 237 g/mol. The quantitative estimate of drug-likeness (QED) is 0.788. The van der Waals surface area contributed by atoms with Crippen molar-refractivity contribution in [1.82, 2.24) is 0 Å². The van der Waals surface area contributed by atoms with Gasteiger partial charge in [-0.2, -0.15) is 0 Å². The maximum absolute atomic E-state index is 9.50. The lowest BCUT2D eigenvalue weighted by Gasteiger charge is -2.03. The Morgan fingerprint density at radius 1 is 1.16 bits per heavy atom. The molecule has 0 fully saturated rings. The van der Waals surface area contributed by atoms with Gasteiger partial charge in [0.1, 0.15) is 0 Å². The van der Waals surface area contributed by atoms with Crippen LogP contribution in [0.1, 0.15) is 18.1 Å². The van der Waals surface area contributed by atoms with Crippen LogP contribution >= 0.6 is 0 Å². The molecule has 0 amide bonds. The summed E-state index contributed by atoms with van der Waals surface area (Å²) in [6, 6.07) is 8.35. The lowest BCUT2D eigenvalue weighted by atomic mass is 10.0. The zero-order chi connectivity index (χ0) is 14.8. The number of hydrogen-bond donors (Lipinski definition) is 1. The van der Waals surface area contributed by atoms with Gasteiger partial charge < -0.3 is 5.73 Å². The Balaban J connectivity index is 0.00000154. The van der Waals surface area contributed by atoms with Crippen molar-refractivity contribution in [2.24, 2.45) is 5.73 Å². The maximum Gasteiger partial charge on any atom is 0.0785 e. The fourth-order valence-electron chi connectivity index (χ4n) is 1.35. The van der Waals surface area contributed by atoms with Gasteiger partial charge in [0.2, 0.25) is 0 Å². The molecule has 0 aromatic heterocycles. The minimum atomic E-state index is 0.500. The summed E-state index contributed by atoms with van der Waals surface area (Å²) in [6.45, 7) is 11.5. The van der Waals surface area contributed by atoms with E-state index in [0.29, 0.717) is 12.9 Å². The first-order valence-corrected chi connectivity index (χ1v) is 5.95. The van der Waals surface area contributed by atoms with E-state index >= 15 is 0 Å². The van der Waals surface area contributed by atoms with Gasteiger partial charge in [-0.15, -0.1) is 0 Å². The number of aryl methyl sites for hydroxylation is 1. The summed E-state index contributed by atoms with van der Waals surface area (Å²) >= 11 is 0. The monoisotopic (exact) mass is 259 g/mol. The van der Waals surface area contributed by atoms with E-state index in [-0.39, 0.29) is 0 Å². The van der Waals surface area contributed by atoms with Crippen molar-refractivity contribution >= 4 is 5.57 Å². The molecule has 0 aliphatic rings. The largest absolute Gasteiger partial charge is 0.399 e. The van der Waals surface area contributed by atoms with Gasteiger partial charge in [0.05, 0.1) is 7.18 Å². The number of rotatable bonds is 4. The molecule has 0 heterocycles. The van der Waals surface area contributed by atoms with E-state index in [0.717, 1.165) is 16.7 Å². The highest BCUT2D eigenvalue weighted by molar-refractivity contribution is 5.75. The van der Waals surface area contributed by atoms with Crippen molar-refractivity contribution in [3.05, 3.63) is 78.0 Å². The van der Waals surface area contributed by atoms with E-state index in [1.165, 1.54) is 5.56 Å². The van der Waals surface area contributed by atoms with E-state index in [4.69, 9.17) is 5.73 Å². The van der Waals surface area contributed by atoms with Gasteiger partial charge in [-0.1, -0.05) is 61.2 Å². The third kappa shape index (κ3) is 5.87. The molecule has 1 nitrogen and oxygen atoms in total.